The average Bonchev–Trinajstić information content (AvgIpc) is 3.20. The van der Waals surface area contributed by atoms with Crippen LogP contribution in [-0.2, 0) is 32.7 Å². The van der Waals surface area contributed by atoms with Gasteiger partial charge in [-0.05, 0) is 24.2 Å². The van der Waals surface area contributed by atoms with Crippen LogP contribution in [0.2, 0.25) is 0 Å². The number of benzene rings is 1. The predicted molar refractivity (Wildman–Crippen MR) is 137 cm³/mol. The monoisotopic (exact) mass is 530 g/mol. The minimum atomic E-state index is -3.85. The standard InChI is InChI=1S/C21H23FN4O2S.C4H4O4/c1-24-14-18-15-26(21(20(18)22)19-9-3-2-8-17(19)12-23)29(27,28)11-5-7-16-6-4-10-25-13-16;5-3(6)1-2-4(7)8/h2-10,13,15,24H,11-12,14,23H2,1H3;1-2H,(H,5,6)(H,7,8)/b;2-1+. The molecule has 5 N–H and O–H groups in total. The van der Waals surface area contributed by atoms with E-state index in [2.05, 4.69) is 10.3 Å². The van der Waals surface area contributed by atoms with Gasteiger partial charge in [0.15, 0.2) is 5.82 Å². The van der Waals surface area contributed by atoms with Crippen LogP contribution in [-0.4, -0.2) is 52.3 Å². The summed E-state index contributed by atoms with van der Waals surface area (Å²) in [5.41, 5.74) is 7.99. The van der Waals surface area contributed by atoms with E-state index in [4.69, 9.17) is 15.9 Å². The highest BCUT2D eigenvalue weighted by Crippen LogP contribution is 2.31. The first-order valence-corrected chi connectivity index (χ1v) is 12.5. The molecule has 1 aromatic carbocycles. The molecule has 12 heteroatoms. The lowest BCUT2D eigenvalue weighted by Crippen LogP contribution is -2.16. The van der Waals surface area contributed by atoms with E-state index in [0.717, 1.165) is 9.54 Å². The van der Waals surface area contributed by atoms with Gasteiger partial charge in [-0.15, -0.1) is 0 Å². The van der Waals surface area contributed by atoms with Crippen LogP contribution in [0.1, 0.15) is 16.7 Å². The number of aromatic nitrogens is 2. The third-order valence-electron chi connectivity index (χ3n) is 4.81. The van der Waals surface area contributed by atoms with Crippen LogP contribution < -0.4 is 11.1 Å². The van der Waals surface area contributed by atoms with Crippen LogP contribution >= 0.6 is 0 Å². The Kier molecular flexibility index (Phi) is 10.9. The quantitative estimate of drug-likeness (QED) is 0.288. The summed E-state index contributed by atoms with van der Waals surface area (Å²) < 4.78 is 42.4. The van der Waals surface area contributed by atoms with Gasteiger partial charge in [0.25, 0.3) is 0 Å². The molecule has 0 fully saturated rings. The molecule has 0 aliphatic carbocycles. The van der Waals surface area contributed by atoms with E-state index in [1.165, 1.54) is 12.3 Å². The molecule has 0 atom stereocenters. The van der Waals surface area contributed by atoms with Gasteiger partial charge in [-0.1, -0.05) is 42.5 Å². The van der Waals surface area contributed by atoms with Crippen molar-refractivity contribution in [2.75, 3.05) is 12.8 Å². The predicted octanol–water partition coefficient (Wildman–Crippen LogP) is 2.47. The number of hydrogen-bond acceptors (Lipinski definition) is 7. The number of nitrogens with one attached hydrogen (secondary N) is 1. The lowest BCUT2D eigenvalue weighted by Gasteiger charge is -2.12. The van der Waals surface area contributed by atoms with Crippen molar-refractivity contribution in [2.24, 2.45) is 5.73 Å². The zero-order chi connectivity index (χ0) is 27.4. The summed E-state index contributed by atoms with van der Waals surface area (Å²) in [4.78, 5) is 23.1. The number of halogens is 1. The Bertz CT molecular complexity index is 1370. The van der Waals surface area contributed by atoms with E-state index < -0.39 is 27.8 Å². The number of aliphatic carboxylic acids is 2. The highest BCUT2D eigenvalue weighted by molar-refractivity contribution is 7.90. The molecule has 0 saturated carbocycles. The first kappa shape index (κ1) is 29.1. The molecule has 0 saturated heterocycles. The molecule has 0 amide bonds. The smallest absolute Gasteiger partial charge is 0.328 e. The van der Waals surface area contributed by atoms with Gasteiger partial charge in [0.2, 0.25) is 10.0 Å². The van der Waals surface area contributed by atoms with Crippen LogP contribution in [0.4, 0.5) is 4.39 Å². The Balaban J connectivity index is 0.000000521. The maximum absolute atomic E-state index is 15.2. The fraction of sp³-hybridized carbons (Fsp3) is 0.160. The summed E-state index contributed by atoms with van der Waals surface area (Å²) in [7, 11) is -2.18. The number of nitrogens with two attached hydrogens (primary N) is 1. The summed E-state index contributed by atoms with van der Waals surface area (Å²) >= 11 is 0. The van der Waals surface area contributed by atoms with Gasteiger partial charge >= 0.3 is 11.9 Å². The SMILES string of the molecule is CNCc1cn(S(=O)(=O)CC=Cc2cccnc2)c(-c2ccccc2CN)c1F.O=C(O)/C=C/C(=O)O. The van der Waals surface area contributed by atoms with E-state index in [1.807, 2.05) is 6.07 Å². The van der Waals surface area contributed by atoms with E-state index in [-0.39, 0.29) is 30.1 Å². The van der Waals surface area contributed by atoms with Gasteiger partial charge in [-0.3, -0.25) is 4.98 Å². The zero-order valence-electron chi connectivity index (χ0n) is 19.9. The highest BCUT2D eigenvalue weighted by atomic mass is 32.2. The van der Waals surface area contributed by atoms with Crippen LogP contribution in [0.25, 0.3) is 17.3 Å². The zero-order valence-corrected chi connectivity index (χ0v) is 20.7. The van der Waals surface area contributed by atoms with Gasteiger partial charge < -0.3 is 21.3 Å². The maximum Gasteiger partial charge on any atom is 0.328 e. The fourth-order valence-electron chi connectivity index (χ4n) is 3.21. The molecule has 0 bridgehead atoms. The molecule has 3 aromatic rings. The first-order valence-electron chi connectivity index (χ1n) is 10.9. The molecule has 0 unspecified atom stereocenters. The number of hydrogen-bond donors (Lipinski definition) is 4. The summed E-state index contributed by atoms with van der Waals surface area (Å²) in [6, 6.07) is 10.6. The van der Waals surface area contributed by atoms with Crippen molar-refractivity contribution in [3.8, 4) is 11.3 Å². The Labute approximate surface area is 213 Å². The average molecular weight is 531 g/mol. The van der Waals surface area contributed by atoms with Crippen LogP contribution in [0.3, 0.4) is 0 Å². The largest absolute Gasteiger partial charge is 0.478 e. The Hall–Kier alpha value is -4.13. The van der Waals surface area contributed by atoms with Crippen molar-refractivity contribution < 1.29 is 32.6 Å². The summed E-state index contributed by atoms with van der Waals surface area (Å²) in [6.45, 7) is 0.376. The number of carbonyl (C=O) groups is 2. The first-order chi connectivity index (χ1) is 17.6. The topological polar surface area (TPSA) is 165 Å². The molecule has 196 valence electrons. The Morgan fingerprint density at radius 2 is 1.78 bits per heavy atom. The van der Waals surface area contributed by atoms with Gasteiger partial charge in [0, 0.05) is 55.0 Å². The second kappa shape index (κ2) is 13.8. The minimum Gasteiger partial charge on any atom is -0.478 e. The van der Waals surface area contributed by atoms with E-state index in [0.29, 0.717) is 23.3 Å². The minimum absolute atomic E-state index is 0.00563. The summed E-state index contributed by atoms with van der Waals surface area (Å²) in [6.07, 6.45) is 8.92. The third kappa shape index (κ3) is 8.49. The normalized spacial score (nSPS) is 11.4. The molecular weight excluding hydrogens is 503 g/mol. The summed E-state index contributed by atoms with van der Waals surface area (Å²) in [5.74, 6) is -3.37. The van der Waals surface area contributed by atoms with Crippen LogP contribution in [0, 0.1) is 5.82 Å². The van der Waals surface area contributed by atoms with Crippen molar-refractivity contribution in [3.63, 3.8) is 0 Å². The Morgan fingerprint density at radius 1 is 1.11 bits per heavy atom. The lowest BCUT2D eigenvalue weighted by atomic mass is 10.0. The van der Waals surface area contributed by atoms with Crippen molar-refractivity contribution in [1.29, 1.82) is 0 Å². The Morgan fingerprint density at radius 3 is 2.35 bits per heavy atom. The molecule has 37 heavy (non-hydrogen) atoms. The van der Waals surface area contributed by atoms with E-state index in [1.54, 1.807) is 55.8 Å². The second-order valence-corrected chi connectivity index (χ2v) is 9.37. The molecule has 3 rings (SSSR count). The molecule has 0 radical (unpaired) electrons. The van der Waals surface area contributed by atoms with Gasteiger partial charge in [-0.2, -0.15) is 0 Å². The number of nitrogens with zero attached hydrogens (tertiary/aromatic N) is 2. The molecular formula is C25H27FN4O6S. The number of pyridine rings is 1. The van der Waals surface area contributed by atoms with Crippen molar-refractivity contribution >= 4 is 28.0 Å². The van der Waals surface area contributed by atoms with Crippen LogP contribution in [0.15, 0.2) is 73.2 Å². The summed E-state index contributed by atoms with van der Waals surface area (Å²) in [5, 5.41) is 18.5. The molecule has 0 aliphatic heterocycles. The highest BCUT2D eigenvalue weighted by Gasteiger charge is 2.25. The van der Waals surface area contributed by atoms with Gasteiger partial charge in [0.1, 0.15) is 5.69 Å². The van der Waals surface area contributed by atoms with E-state index in [9.17, 15) is 18.0 Å². The molecule has 0 aliphatic rings. The second-order valence-electron chi connectivity index (χ2n) is 7.48. The third-order valence-corrected chi connectivity index (χ3v) is 6.31. The van der Waals surface area contributed by atoms with E-state index >= 15 is 4.39 Å². The molecule has 2 heterocycles. The van der Waals surface area contributed by atoms with Crippen molar-refractivity contribution in [3.05, 3.63) is 95.7 Å². The molecule has 10 nitrogen and oxygen atoms in total. The fourth-order valence-corrected chi connectivity index (χ4v) is 4.46. The lowest BCUT2D eigenvalue weighted by molar-refractivity contribution is -0.134. The van der Waals surface area contributed by atoms with Crippen molar-refractivity contribution in [1.82, 2.24) is 14.3 Å². The number of carboxylic acid groups (broad SMARTS) is 2. The van der Waals surface area contributed by atoms with Crippen molar-refractivity contribution in [2.45, 2.75) is 13.1 Å². The number of rotatable bonds is 10. The van der Waals surface area contributed by atoms with Gasteiger partial charge in [-0.25, -0.2) is 26.4 Å². The molecule has 2 aromatic heterocycles. The number of carboxylic acids is 2. The maximum atomic E-state index is 15.2. The van der Waals surface area contributed by atoms with Crippen LogP contribution in [0.5, 0.6) is 0 Å². The molecule has 0 spiro atoms. The van der Waals surface area contributed by atoms with Gasteiger partial charge in [0.05, 0.1) is 5.75 Å².